The van der Waals surface area contributed by atoms with Crippen molar-refractivity contribution in [1.29, 1.82) is 0 Å². The average Bonchev–Trinajstić information content (AvgIpc) is 3.34. The molecule has 182 valence electrons. The minimum absolute atomic E-state index is 0.0113. The molecule has 0 bridgehead atoms. The first kappa shape index (κ1) is 24.1. The lowest BCUT2D eigenvalue weighted by Crippen LogP contribution is -2.40. The summed E-state index contributed by atoms with van der Waals surface area (Å²) >= 11 is 0. The summed E-state index contributed by atoms with van der Waals surface area (Å²) in [6.07, 6.45) is 14.1. The smallest absolute Gasteiger partial charge is 0.256 e. The predicted octanol–water partition coefficient (Wildman–Crippen LogP) is 3.04. The van der Waals surface area contributed by atoms with Crippen LogP contribution in [-0.2, 0) is 11.3 Å². The van der Waals surface area contributed by atoms with Crippen molar-refractivity contribution >= 4 is 11.8 Å². The number of nitrogens with one attached hydrogen (secondary N) is 2. The van der Waals surface area contributed by atoms with Crippen LogP contribution in [0.25, 0.3) is 0 Å². The maximum atomic E-state index is 13.2. The molecule has 8 heteroatoms. The zero-order valence-corrected chi connectivity index (χ0v) is 19.6. The van der Waals surface area contributed by atoms with Gasteiger partial charge in [-0.2, -0.15) is 0 Å². The van der Waals surface area contributed by atoms with Gasteiger partial charge in [-0.1, -0.05) is 38.2 Å². The second-order valence-electron chi connectivity index (χ2n) is 9.27. The van der Waals surface area contributed by atoms with Gasteiger partial charge >= 0.3 is 0 Å². The second-order valence-corrected chi connectivity index (χ2v) is 9.27. The van der Waals surface area contributed by atoms with E-state index in [-0.39, 0.29) is 23.3 Å². The van der Waals surface area contributed by atoms with Crippen molar-refractivity contribution in [2.75, 3.05) is 13.2 Å². The third kappa shape index (κ3) is 6.53. The molecule has 1 aliphatic carbocycles. The van der Waals surface area contributed by atoms with Gasteiger partial charge in [0.15, 0.2) is 0 Å². The monoisotopic (exact) mass is 466 g/mol. The summed E-state index contributed by atoms with van der Waals surface area (Å²) in [5, 5.41) is 5.87. The van der Waals surface area contributed by atoms with Gasteiger partial charge in [0, 0.05) is 37.8 Å². The van der Waals surface area contributed by atoms with Crippen molar-refractivity contribution in [3.63, 3.8) is 0 Å². The minimum Gasteiger partial charge on any atom is -0.376 e. The van der Waals surface area contributed by atoms with Gasteiger partial charge in [0.1, 0.15) is 11.1 Å². The number of rotatable bonds is 7. The van der Waals surface area contributed by atoms with Crippen molar-refractivity contribution in [1.82, 2.24) is 20.2 Å². The number of hydrogen-bond acceptors (Lipinski definition) is 5. The third-order valence-electron chi connectivity index (χ3n) is 6.59. The van der Waals surface area contributed by atoms with Gasteiger partial charge in [0.25, 0.3) is 11.8 Å². The standard InChI is InChI=1S/C26H34N4O4/c31-24-22(25(32)28-15-21-12-8-14-34-21)17-30(16-20-11-6-7-13-27-20)18-23(24)26(33)29-19-9-4-2-1-3-5-10-19/h6-7,11,13,17-19,21H,1-5,8-10,12,14-16H2,(H,28,32)(H,29,33). The van der Waals surface area contributed by atoms with E-state index in [0.29, 0.717) is 19.7 Å². The second kappa shape index (κ2) is 11.9. The van der Waals surface area contributed by atoms with Gasteiger partial charge in [-0.3, -0.25) is 19.4 Å². The summed E-state index contributed by atoms with van der Waals surface area (Å²) in [6, 6.07) is 5.62. The number of ether oxygens (including phenoxy) is 1. The Morgan fingerprint density at radius 3 is 2.38 bits per heavy atom. The molecule has 2 amide bonds. The van der Waals surface area contributed by atoms with Crippen LogP contribution in [0.2, 0.25) is 0 Å². The molecular formula is C26H34N4O4. The van der Waals surface area contributed by atoms with Crippen LogP contribution in [0.15, 0.2) is 41.6 Å². The van der Waals surface area contributed by atoms with E-state index < -0.39 is 17.2 Å². The van der Waals surface area contributed by atoms with Crippen LogP contribution < -0.4 is 16.1 Å². The highest BCUT2D eigenvalue weighted by Gasteiger charge is 2.23. The highest BCUT2D eigenvalue weighted by Crippen LogP contribution is 2.17. The normalized spacial score (nSPS) is 19.2. The largest absolute Gasteiger partial charge is 0.376 e. The third-order valence-corrected chi connectivity index (χ3v) is 6.59. The Kier molecular flexibility index (Phi) is 8.46. The van der Waals surface area contributed by atoms with Crippen molar-refractivity contribution in [2.24, 2.45) is 0 Å². The van der Waals surface area contributed by atoms with E-state index in [0.717, 1.165) is 44.2 Å². The fourth-order valence-corrected chi connectivity index (χ4v) is 4.70. The molecule has 1 atom stereocenters. The fourth-order valence-electron chi connectivity index (χ4n) is 4.70. The zero-order valence-electron chi connectivity index (χ0n) is 19.6. The van der Waals surface area contributed by atoms with Gasteiger partial charge in [0.05, 0.1) is 18.3 Å². The number of aromatic nitrogens is 2. The predicted molar refractivity (Wildman–Crippen MR) is 129 cm³/mol. The van der Waals surface area contributed by atoms with Crippen molar-refractivity contribution in [2.45, 2.75) is 76.5 Å². The van der Waals surface area contributed by atoms with E-state index >= 15 is 0 Å². The van der Waals surface area contributed by atoms with Gasteiger partial charge in [-0.05, 0) is 37.8 Å². The Bertz CT molecular complexity index is 1020. The quantitative estimate of drug-likeness (QED) is 0.653. The van der Waals surface area contributed by atoms with E-state index in [1.165, 1.54) is 31.7 Å². The van der Waals surface area contributed by atoms with Gasteiger partial charge in [-0.15, -0.1) is 0 Å². The molecule has 1 aliphatic heterocycles. The SMILES string of the molecule is O=C(NCC1CCCO1)c1cn(Cc2ccccn2)cc(C(=O)NC2CCCCCCC2)c1=O. The van der Waals surface area contributed by atoms with Crippen LogP contribution in [0, 0.1) is 0 Å². The summed E-state index contributed by atoms with van der Waals surface area (Å²) in [5.74, 6) is -0.907. The molecule has 4 rings (SSSR count). The van der Waals surface area contributed by atoms with Crippen LogP contribution >= 0.6 is 0 Å². The molecule has 2 fully saturated rings. The highest BCUT2D eigenvalue weighted by molar-refractivity contribution is 5.99. The van der Waals surface area contributed by atoms with Gasteiger partial charge in [0.2, 0.25) is 5.43 Å². The van der Waals surface area contributed by atoms with Crippen LogP contribution in [0.5, 0.6) is 0 Å². The maximum Gasteiger partial charge on any atom is 0.256 e. The summed E-state index contributed by atoms with van der Waals surface area (Å²) in [5.41, 5.74) is 0.163. The molecule has 3 heterocycles. The van der Waals surface area contributed by atoms with Crippen molar-refractivity contribution in [3.05, 3.63) is 63.8 Å². The van der Waals surface area contributed by atoms with Gasteiger partial charge < -0.3 is 19.9 Å². The number of pyridine rings is 2. The molecule has 1 saturated carbocycles. The zero-order chi connectivity index (χ0) is 23.8. The lowest BCUT2D eigenvalue weighted by Gasteiger charge is -2.21. The molecule has 1 saturated heterocycles. The van der Waals surface area contributed by atoms with E-state index in [1.807, 2.05) is 18.2 Å². The summed E-state index contributed by atoms with van der Waals surface area (Å²) in [7, 11) is 0. The highest BCUT2D eigenvalue weighted by atomic mass is 16.5. The van der Waals surface area contributed by atoms with Crippen LogP contribution in [0.1, 0.15) is 84.2 Å². The van der Waals surface area contributed by atoms with Crippen LogP contribution in [0.3, 0.4) is 0 Å². The van der Waals surface area contributed by atoms with Crippen molar-refractivity contribution in [3.8, 4) is 0 Å². The Morgan fingerprint density at radius 2 is 1.71 bits per heavy atom. The molecule has 2 aliphatic rings. The molecule has 0 aromatic carbocycles. The Balaban J connectivity index is 1.57. The first-order chi connectivity index (χ1) is 16.6. The van der Waals surface area contributed by atoms with E-state index in [4.69, 9.17) is 4.74 Å². The fraction of sp³-hybridized carbons (Fsp3) is 0.538. The van der Waals surface area contributed by atoms with Crippen molar-refractivity contribution < 1.29 is 14.3 Å². The number of nitrogens with zero attached hydrogens (tertiary/aromatic N) is 2. The molecule has 2 aromatic rings. The molecule has 2 aromatic heterocycles. The lowest BCUT2D eigenvalue weighted by atomic mass is 9.96. The lowest BCUT2D eigenvalue weighted by molar-refractivity contribution is 0.0856. The first-order valence-electron chi connectivity index (χ1n) is 12.4. The van der Waals surface area contributed by atoms with E-state index in [1.54, 1.807) is 10.8 Å². The molecule has 1 unspecified atom stereocenters. The molecule has 2 N–H and O–H groups in total. The van der Waals surface area contributed by atoms with Crippen LogP contribution in [0.4, 0.5) is 0 Å². The van der Waals surface area contributed by atoms with Gasteiger partial charge in [-0.25, -0.2) is 0 Å². The number of hydrogen-bond donors (Lipinski definition) is 2. The Labute approximate surface area is 200 Å². The molecule has 34 heavy (non-hydrogen) atoms. The Morgan fingerprint density at radius 1 is 0.971 bits per heavy atom. The molecular weight excluding hydrogens is 432 g/mol. The molecule has 0 spiro atoms. The Hall–Kier alpha value is -3.00. The average molecular weight is 467 g/mol. The summed E-state index contributed by atoms with van der Waals surface area (Å²) < 4.78 is 7.26. The number of carbonyl (C=O) groups is 2. The first-order valence-corrected chi connectivity index (χ1v) is 12.4. The number of carbonyl (C=O) groups excluding carboxylic acids is 2. The van der Waals surface area contributed by atoms with Crippen LogP contribution in [-0.4, -0.2) is 46.7 Å². The summed E-state index contributed by atoms with van der Waals surface area (Å²) in [6.45, 7) is 1.38. The topological polar surface area (TPSA) is 102 Å². The van der Waals surface area contributed by atoms with E-state index in [2.05, 4.69) is 15.6 Å². The maximum absolute atomic E-state index is 13.2. The van der Waals surface area contributed by atoms with E-state index in [9.17, 15) is 14.4 Å². The molecule has 8 nitrogen and oxygen atoms in total. The molecule has 0 radical (unpaired) electrons. The summed E-state index contributed by atoms with van der Waals surface area (Å²) in [4.78, 5) is 43.7. The number of amides is 2. The minimum atomic E-state index is -0.551.